The molecule has 0 radical (unpaired) electrons. The first-order valence-electron chi connectivity index (χ1n) is 9.98. The van der Waals surface area contributed by atoms with Crippen LogP contribution in [0.1, 0.15) is 24.3 Å². The zero-order valence-corrected chi connectivity index (χ0v) is 15.8. The summed E-state index contributed by atoms with van der Waals surface area (Å²) in [7, 11) is 0. The van der Waals surface area contributed by atoms with E-state index in [0.717, 1.165) is 17.7 Å². The lowest BCUT2D eigenvalue weighted by Gasteiger charge is -2.28. The van der Waals surface area contributed by atoms with Crippen molar-refractivity contribution in [3.8, 4) is 0 Å². The number of benzene rings is 2. The van der Waals surface area contributed by atoms with Crippen molar-refractivity contribution in [1.29, 1.82) is 0 Å². The maximum absolute atomic E-state index is 13.1. The predicted molar refractivity (Wildman–Crippen MR) is 104 cm³/mol. The fourth-order valence-corrected chi connectivity index (χ4v) is 5.64. The Labute approximate surface area is 167 Å². The van der Waals surface area contributed by atoms with E-state index in [-0.39, 0.29) is 42.0 Å². The van der Waals surface area contributed by atoms with Gasteiger partial charge in [0.2, 0.25) is 17.7 Å². The summed E-state index contributed by atoms with van der Waals surface area (Å²) in [6.07, 6.45) is 1.83. The number of rotatable bonds is 4. The van der Waals surface area contributed by atoms with Crippen molar-refractivity contribution in [2.24, 2.45) is 23.7 Å². The Bertz CT molecular complexity index is 975. The summed E-state index contributed by atoms with van der Waals surface area (Å²) in [6, 6.07) is 15.6. The van der Waals surface area contributed by atoms with Crippen LogP contribution in [-0.4, -0.2) is 29.2 Å². The Morgan fingerprint density at radius 1 is 0.966 bits per heavy atom. The molecule has 1 N–H and O–H groups in total. The van der Waals surface area contributed by atoms with Crippen molar-refractivity contribution in [1.82, 2.24) is 4.90 Å². The quantitative estimate of drug-likeness (QED) is 0.813. The van der Waals surface area contributed by atoms with Gasteiger partial charge in [-0.3, -0.25) is 19.3 Å². The van der Waals surface area contributed by atoms with E-state index in [2.05, 4.69) is 17.4 Å². The van der Waals surface area contributed by atoms with Crippen LogP contribution in [0.3, 0.4) is 0 Å². The molecule has 3 fully saturated rings. The monoisotopic (exact) mass is 392 g/mol. The minimum Gasteiger partial charge on any atom is -0.325 e. The van der Waals surface area contributed by atoms with Gasteiger partial charge in [-0.2, -0.15) is 0 Å². The van der Waals surface area contributed by atoms with Crippen LogP contribution in [0.15, 0.2) is 54.6 Å². The van der Waals surface area contributed by atoms with Gasteiger partial charge in [0.25, 0.3) is 0 Å². The van der Waals surface area contributed by atoms with Crippen LogP contribution in [0, 0.1) is 29.5 Å². The lowest BCUT2D eigenvalue weighted by Crippen LogP contribution is -2.39. The van der Waals surface area contributed by atoms with Crippen molar-refractivity contribution >= 4 is 23.4 Å². The Morgan fingerprint density at radius 2 is 1.66 bits per heavy atom. The molecule has 5 unspecified atom stereocenters. The number of carbonyl (C=O) groups is 3. The van der Waals surface area contributed by atoms with Gasteiger partial charge in [0.1, 0.15) is 12.4 Å². The van der Waals surface area contributed by atoms with Gasteiger partial charge in [0.05, 0.1) is 11.8 Å². The highest BCUT2D eigenvalue weighted by atomic mass is 19.1. The molecule has 2 bridgehead atoms. The minimum absolute atomic E-state index is 0.161. The number of carbonyl (C=O) groups excluding carboxylic acids is 3. The zero-order chi connectivity index (χ0) is 20.1. The van der Waals surface area contributed by atoms with Crippen molar-refractivity contribution in [2.75, 3.05) is 11.9 Å². The van der Waals surface area contributed by atoms with Gasteiger partial charge in [-0.05, 0) is 60.4 Å². The van der Waals surface area contributed by atoms with Gasteiger partial charge in [-0.1, -0.05) is 30.3 Å². The highest BCUT2D eigenvalue weighted by Crippen LogP contribution is 2.61. The Balaban J connectivity index is 1.31. The Kier molecular flexibility index (Phi) is 4.23. The topological polar surface area (TPSA) is 66.5 Å². The van der Waals surface area contributed by atoms with Gasteiger partial charge in [0.15, 0.2) is 0 Å². The fourth-order valence-electron chi connectivity index (χ4n) is 5.64. The van der Waals surface area contributed by atoms with Crippen molar-refractivity contribution < 1.29 is 18.8 Å². The molecule has 1 saturated heterocycles. The van der Waals surface area contributed by atoms with Crippen LogP contribution in [0.4, 0.5) is 10.1 Å². The third kappa shape index (κ3) is 2.94. The highest BCUT2D eigenvalue weighted by Gasteiger charge is 2.63. The number of halogens is 1. The minimum atomic E-state index is -0.453. The maximum atomic E-state index is 13.1. The molecule has 2 aromatic carbocycles. The van der Waals surface area contributed by atoms with Gasteiger partial charge < -0.3 is 5.32 Å². The first-order chi connectivity index (χ1) is 14.0. The molecule has 5 nitrogen and oxygen atoms in total. The van der Waals surface area contributed by atoms with E-state index in [1.807, 2.05) is 18.2 Å². The molecule has 1 heterocycles. The summed E-state index contributed by atoms with van der Waals surface area (Å²) < 4.78 is 13.0. The second-order valence-corrected chi connectivity index (χ2v) is 8.28. The van der Waals surface area contributed by atoms with Crippen LogP contribution in [-0.2, 0) is 14.4 Å². The van der Waals surface area contributed by atoms with E-state index in [4.69, 9.17) is 0 Å². The van der Waals surface area contributed by atoms with Gasteiger partial charge in [0, 0.05) is 5.69 Å². The summed E-state index contributed by atoms with van der Waals surface area (Å²) in [5.74, 6) is -1.22. The standard InChI is InChI=1S/C23H21FN2O3/c24-15-6-8-16(9-7-15)25-19(27)12-26-22(28)20-14-10-17(13-4-2-1-3-5-13)18(11-14)21(20)23(26)29/h1-9,14,17-18,20-21H,10-12H2,(H,25,27). The highest BCUT2D eigenvalue weighted by molar-refractivity contribution is 6.09. The fraction of sp³-hybridized carbons (Fsp3) is 0.348. The molecule has 1 aliphatic heterocycles. The molecule has 0 aromatic heterocycles. The maximum Gasteiger partial charge on any atom is 0.244 e. The third-order valence-electron chi connectivity index (χ3n) is 6.76. The first-order valence-corrected chi connectivity index (χ1v) is 9.98. The van der Waals surface area contributed by atoms with E-state index < -0.39 is 11.7 Å². The molecular formula is C23H21FN2O3. The van der Waals surface area contributed by atoms with Crippen LogP contribution in [0.25, 0.3) is 0 Å². The number of nitrogens with one attached hydrogen (secondary N) is 1. The molecule has 3 amide bonds. The van der Waals surface area contributed by atoms with Gasteiger partial charge >= 0.3 is 0 Å². The molecule has 2 aliphatic carbocycles. The Hall–Kier alpha value is -3.02. The number of hydrogen-bond acceptors (Lipinski definition) is 3. The molecule has 2 saturated carbocycles. The second kappa shape index (κ2) is 6.79. The molecule has 2 aromatic rings. The molecule has 6 heteroatoms. The van der Waals surface area contributed by atoms with Gasteiger partial charge in [-0.15, -0.1) is 0 Å². The molecule has 0 spiro atoms. The largest absolute Gasteiger partial charge is 0.325 e. The van der Waals surface area contributed by atoms with Crippen LogP contribution in [0.5, 0.6) is 0 Å². The molecule has 5 rings (SSSR count). The number of amides is 3. The smallest absolute Gasteiger partial charge is 0.244 e. The number of hydrogen-bond donors (Lipinski definition) is 1. The summed E-state index contributed by atoms with van der Waals surface area (Å²) >= 11 is 0. The lowest BCUT2D eigenvalue weighted by molar-refractivity contribution is -0.143. The van der Waals surface area contributed by atoms with Crippen molar-refractivity contribution in [2.45, 2.75) is 18.8 Å². The lowest BCUT2D eigenvalue weighted by atomic mass is 9.73. The summed E-state index contributed by atoms with van der Waals surface area (Å²) in [5.41, 5.74) is 1.66. The number of nitrogens with zero attached hydrogens (tertiary/aromatic N) is 1. The molecule has 5 atom stereocenters. The van der Waals surface area contributed by atoms with Crippen molar-refractivity contribution in [3.63, 3.8) is 0 Å². The number of fused-ring (bicyclic) bond motifs is 5. The van der Waals surface area contributed by atoms with E-state index in [1.54, 1.807) is 0 Å². The molecule has 3 aliphatic rings. The molecular weight excluding hydrogens is 371 g/mol. The SMILES string of the molecule is O=C(CN1C(=O)C2C3CC(c4ccccc4)C(C3)C2C1=O)Nc1ccc(F)cc1. The van der Waals surface area contributed by atoms with E-state index >= 15 is 0 Å². The first kappa shape index (κ1) is 18.0. The van der Waals surface area contributed by atoms with E-state index in [0.29, 0.717) is 11.6 Å². The van der Waals surface area contributed by atoms with Crippen LogP contribution >= 0.6 is 0 Å². The third-order valence-corrected chi connectivity index (χ3v) is 6.76. The Morgan fingerprint density at radius 3 is 2.38 bits per heavy atom. The van der Waals surface area contributed by atoms with Crippen LogP contribution < -0.4 is 5.32 Å². The average molecular weight is 392 g/mol. The molecule has 29 heavy (non-hydrogen) atoms. The average Bonchev–Trinajstić information content (AvgIpc) is 3.38. The summed E-state index contributed by atoms with van der Waals surface area (Å²) in [6.45, 7) is -0.294. The zero-order valence-electron chi connectivity index (χ0n) is 15.8. The molecule has 148 valence electrons. The predicted octanol–water partition coefficient (Wildman–Crippen LogP) is 3.19. The summed E-state index contributed by atoms with van der Waals surface area (Å²) in [5, 5.41) is 2.62. The number of likely N-dealkylation sites (tertiary alicyclic amines) is 1. The van der Waals surface area contributed by atoms with Gasteiger partial charge in [-0.25, -0.2) is 4.39 Å². The second-order valence-electron chi connectivity index (χ2n) is 8.28. The van der Waals surface area contributed by atoms with Crippen LogP contribution in [0.2, 0.25) is 0 Å². The van der Waals surface area contributed by atoms with Crippen molar-refractivity contribution in [3.05, 3.63) is 66.0 Å². The number of imide groups is 1. The number of anilines is 1. The van der Waals surface area contributed by atoms with E-state index in [9.17, 15) is 18.8 Å². The summed E-state index contributed by atoms with van der Waals surface area (Å²) in [4.78, 5) is 39.5. The normalized spacial score (nSPS) is 30.0. The van der Waals surface area contributed by atoms with E-state index in [1.165, 1.54) is 29.8 Å².